The number of nitriles is 4. The molecular weight excluding hydrogens is 682 g/mol. The summed E-state index contributed by atoms with van der Waals surface area (Å²) in [5.74, 6) is -1.28. The van der Waals surface area contributed by atoms with Crippen LogP contribution in [0.4, 0.5) is 26.3 Å². The van der Waals surface area contributed by atoms with Crippen molar-refractivity contribution in [3.05, 3.63) is 136 Å². The first kappa shape index (κ1) is 33.5. The van der Waals surface area contributed by atoms with Gasteiger partial charge in [-0.2, -0.15) is 21.0 Å². The zero-order valence-corrected chi connectivity index (χ0v) is 26.3. The van der Waals surface area contributed by atoms with Gasteiger partial charge < -0.3 is 9.47 Å². The van der Waals surface area contributed by atoms with E-state index in [4.69, 9.17) is 0 Å². The predicted molar refractivity (Wildman–Crippen MR) is 176 cm³/mol. The molecule has 0 heterocycles. The molecule has 0 aromatic heterocycles. The highest BCUT2D eigenvalue weighted by Gasteiger charge is 2.36. The fourth-order valence-electron chi connectivity index (χ4n) is 6.92. The molecule has 0 bridgehead atoms. The molecule has 7 rings (SSSR count). The van der Waals surface area contributed by atoms with Gasteiger partial charge in [-0.3, -0.25) is 0 Å². The molecule has 252 valence electrons. The summed E-state index contributed by atoms with van der Waals surface area (Å²) in [5, 5.41) is 40.1. The molecule has 0 amide bonds. The lowest BCUT2D eigenvalue weighted by Gasteiger charge is -2.19. The van der Waals surface area contributed by atoms with Gasteiger partial charge in [-0.25, -0.2) is 0 Å². The van der Waals surface area contributed by atoms with Crippen LogP contribution in [0.5, 0.6) is 5.75 Å². The van der Waals surface area contributed by atoms with E-state index < -0.39 is 24.4 Å². The van der Waals surface area contributed by atoms with Crippen LogP contribution in [0.2, 0.25) is 0 Å². The molecule has 4 aromatic carbocycles. The highest BCUT2D eigenvalue weighted by Crippen LogP contribution is 2.54. The molecule has 52 heavy (non-hydrogen) atoms. The van der Waals surface area contributed by atoms with Crippen LogP contribution in [-0.2, 0) is 4.74 Å². The Morgan fingerprint density at radius 3 is 1.69 bits per heavy atom. The number of benzene rings is 4. The molecule has 0 saturated heterocycles. The van der Waals surface area contributed by atoms with Crippen LogP contribution < -0.4 is 4.74 Å². The molecule has 0 aliphatic heterocycles. The number of hydrogen-bond acceptors (Lipinski definition) is 6. The van der Waals surface area contributed by atoms with Gasteiger partial charge in [0.2, 0.25) is 0 Å². The molecule has 0 radical (unpaired) electrons. The van der Waals surface area contributed by atoms with Crippen LogP contribution >= 0.6 is 0 Å². The largest absolute Gasteiger partial charge is 0.573 e. The first-order chi connectivity index (χ1) is 24.8. The molecule has 0 saturated carbocycles. The second kappa shape index (κ2) is 12.4. The lowest BCUT2D eigenvalue weighted by molar-refractivity contribution is -0.303. The van der Waals surface area contributed by atoms with E-state index in [1.165, 1.54) is 30.4 Å². The van der Waals surface area contributed by atoms with Crippen molar-refractivity contribution in [2.24, 2.45) is 0 Å². The van der Waals surface area contributed by atoms with Crippen molar-refractivity contribution in [3.8, 4) is 63.4 Å². The maximum Gasteiger partial charge on any atom is 0.573 e. The molecule has 1 atom stereocenters. The van der Waals surface area contributed by atoms with Gasteiger partial charge in [0.05, 0.1) is 0 Å². The minimum absolute atomic E-state index is 0.197. The number of halogens is 6. The van der Waals surface area contributed by atoms with E-state index in [1.54, 1.807) is 60.7 Å². The van der Waals surface area contributed by atoms with E-state index in [1.807, 2.05) is 24.3 Å². The normalized spacial score (nSPS) is 15.1. The number of alkyl halides is 6. The Morgan fingerprint density at radius 2 is 1.12 bits per heavy atom. The van der Waals surface area contributed by atoms with E-state index in [2.05, 4.69) is 9.47 Å². The van der Waals surface area contributed by atoms with Crippen molar-refractivity contribution in [2.45, 2.75) is 25.1 Å². The number of ether oxygens (including phenoxy) is 2. The minimum Gasteiger partial charge on any atom is -0.406 e. The SMILES string of the molecule is N#CC(C#N)=C1c2cc(-c3cccc(OC(F)(F)F)c3)ccc2-c2cc3c(cc21)-c1ccc(C2C=C(OC(F)(F)F)C=CC2)cc1C3=C(C#N)C#N. The third-order valence-corrected chi connectivity index (χ3v) is 8.93. The summed E-state index contributed by atoms with van der Waals surface area (Å²) in [6.45, 7) is 0. The fraction of sp³-hybridized carbons (Fsp3) is 0.100. The maximum atomic E-state index is 13.0. The summed E-state index contributed by atoms with van der Waals surface area (Å²) in [7, 11) is 0. The summed E-state index contributed by atoms with van der Waals surface area (Å²) in [6, 6.07) is 27.0. The Labute approximate surface area is 291 Å². The quantitative estimate of drug-likeness (QED) is 0.134. The monoisotopic (exact) mass is 700 g/mol. The van der Waals surface area contributed by atoms with E-state index in [-0.39, 0.29) is 16.9 Å². The summed E-state index contributed by atoms with van der Waals surface area (Å²) in [5.41, 5.74) is 6.15. The van der Waals surface area contributed by atoms with Gasteiger partial charge in [0, 0.05) is 17.1 Å². The topological polar surface area (TPSA) is 114 Å². The van der Waals surface area contributed by atoms with Crippen molar-refractivity contribution in [1.82, 2.24) is 0 Å². The van der Waals surface area contributed by atoms with Crippen molar-refractivity contribution < 1.29 is 35.8 Å². The Bertz CT molecular complexity index is 2500. The molecule has 4 aromatic rings. The predicted octanol–water partition coefficient (Wildman–Crippen LogP) is 10.4. The zero-order chi connectivity index (χ0) is 36.9. The smallest absolute Gasteiger partial charge is 0.406 e. The zero-order valence-electron chi connectivity index (χ0n) is 26.3. The number of rotatable bonds is 4. The van der Waals surface area contributed by atoms with Gasteiger partial charge in [-0.1, -0.05) is 42.5 Å². The molecule has 12 heteroatoms. The van der Waals surface area contributed by atoms with Crippen LogP contribution in [0.1, 0.15) is 40.2 Å². The first-order valence-electron chi connectivity index (χ1n) is 15.4. The van der Waals surface area contributed by atoms with Crippen LogP contribution in [0.3, 0.4) is 0 Å². The molecule has 0 N–H and O–H groups in total. The van der Waals surface area contributed by atoms with Gasteiger partial charge in [0.15, 0.2) is 0 Å². The average molecular weight is 701 g/mol. The van der Waals surface area contributed by atoms with Gasteiger partial charge in [-0.05, 0) is 116 Å². The minimum atomic E-state index is -4.90. The second-order valence-corrected chi connectivity index (χ2v) is 11.9. The molecule has 0 spiro atoms. The fourth-order valence-corrected chi connectivity index (χ4v) is 6.92. The van der Waals surface area contributed by atoms with Crippen molar-refractivity contribution in [1.29, 1.82) is 21.0 Å². The van der Waals surface area contributed by atoms with E-state index in [0.717, 1.165) is 0 Å². The molecular formula is C40H18F6N4O2. The summed E-state index contributed by atoms with van der Waals surface area (Å²) in [6.07, 6.45) is -5.22. The summed E-state index contributed by atoms with van der Waals surface area (Å²) < 4.78 is 85.9. The van der Waals surface area contributed by atoms with Gasteiger partial charge >= 0.3 is 12.7 Å². The van der Waals surface area contributed by atoms with Crippen LogP contribution in [-0.4, -0.2) is 12.7 Å². The Morgan fingerprint density at radius 1 is 0.577 bits per heavy atom. The highest BCUT2D eigenvalue weighted by molar-refractivity contribution is 6.11. The van der Waals surface area contributed by atoms with Gasteiger partial charge in [0.1, 0.15) is 46.9 Å². The van der Waals surface area contributed by atoms with Gasteiger partial charge in [-0.15, -0.1) is 26.3 Å². The van der Waals surface area contributed by atoms with E-state index in [0.29, 0.717) is 78.8 Å². The summed E-state index contributed by atoms with van der Waals surface area (Å²) >= 11 is 0. The number of hydrogen-bond donors (Lipinski definition) is 0. The lowest BCUT2D eigenvalue weighted by Crippen LogP contribution is -2.17. The number of allylic oxidation sites excluding steroid dienone is 5. The Kier molecular flexibility index (Phi) is 7.98. The Hall–Kier alpha value is -7.02. The standard InChI is InChI=1S/C40H18F6N4O2/c41-39(42,43)51-27-5-1-3-21(11-27)23-7-9-29-31-15-36-32(16-35(31)37(33(29)13-23)25(17-47)18-48)30-10-8-24(14-34(30)38(36)26(19-49)20-50)22-4-2-6-28(12-22)52-40(44,45)46/h1-3,5-16,22H,4H2. The molecule has 0 fully saturated rings. The molecule has 3 aliphatic rings. The van der Waals surface area contributed by atoms with Crippen molar-refractivity contribution in [3.63, 3.8) is 0 Å². The molecule has 3 aliphatic carbocycles. The van der Waals surface area contributed by atoms with Crippen LogP contribution in [0.25, 0.3) is 44.5 Å². The van der Waals surface area contributed by atoms with Crippen LogP contribution in [0.15, 0.2) is 108 Å². The van der Waals surface area contributed by atoms with Crippen LogP contribution in [0, 0.1) is 45.3 Å². The number of nitrogens with zero attached hydrogens (tertiary/aromatic N) is 4. The van der Waals surface area contributed by atoms with Crippen molar-refractivity contribution >= 4 is 11.1 Å². The third kappa shape index (κ3) is 5.93. The maximum absolute atomic E-state index is 13.0. The second-order valence-electron chi connectivity index (χ2n) is 11.9. The van der Waals surface area contributed by atoms with E-state index in [9.17, 15) is 47.4 Å². The first-order valence-corrected chi connectivity index (χ1v) is 15.4. The Balaban J connectivity index is 1.38. The van der Waals surface area contributed by atoms with Gasteiger partial charge in [0.25, 0.3) is 0 Å². The lowest BCUT2D eigenvalue weighted by atomic mass is 9.88. The number of fused-ring (bicyclic) bond motifs is 6. The third-order valence-electron chi connectivity index (χ3n) is 8.93. The average Bonchev–Trinajstić information content (AvgIpc) is 3.58. The van der Waals surface area contributed by atoms with E-state index >= 15 is 0 Å². The molecule has 1 unspecified atom stereocenters. The highest BCUT2D eigenvalue weighted by atomic mass is 19.4. The van der Waals surface area contributed by atoms with Crippen molar-refractivity contribution in [2.75, 3.05) is 0 Å². The summed E-state index contributed by atoms with van der Waals surface area (Å²) in [4.78, 5) is 0. The molecule has 6 nitrogen and oxygen atoms in total.